The van der Waals surface area contributed by atoms with E-state index in [-0.39, 0.29) is 6.08 Å². The van der Waals surface area contributed by atoms with Crippen molar-refractivity contribution >= 4 is 6.03 Å². The van der Waals surface area contributed by atoms with Gasteiger partial charge in [-0.2, -0.15) is 26.3 Å². The standard InChI is InChI=1S/C9H8F6N2O/c10-8(11,12)4-1-5(9(13,14)15)3-6(2-4)17-7(16)18/h1-2,6H,3H2,(H3,16,17,18). The van der Waals surface area contributed by atoms with Crippen molar-refractivity contribution in [2.75, 3.05) is 0 Å². The van der Waals surface area contributed by atoms with E-state index >= 15 is 0 Å². The molecule has 0 aromatic carbocycles. The number of alkyl halides is 6. The van der Waals surface area contributed by atoms with Gasteiger partial charge in [0, 0.05) is 12.0 Å². The highest BCUT2D eigenvalue weighted by molar-refractivity contribution is 5.72. The Hall–Kier alpha value is -1.67. The van der Waals surface area contributed by atoms with Crippen molar-refractivity contribution in [3.63, 3.8) is 0 Å². The number of amides is 2. The number of hydrogen-bond acceptors (Lipinski definition) is 1. The number of halogens is 6. The molecule has 0 aliphatic heterocycles. The zero-order valence-corrected chi connectivity index (χ0v) is 8.69. The molecule has 0 aromatic rings. The molecular weight excluding hydrogens is 266 g/mol. The average Bonchev–Trinajstić information content (AvgIpc) is 2.13. The minimum Gasteiger partial charge on any atom is -0.352 e. The van der Waals surface area contributed by atoms with Gasteiger partial charge in [0.25, 0.3) is 0 Å². The Balaban J connectivity index is 3.08. The number of nitrogens with two attached hydrogens (primary N) is 1. The lowest BCUT2D eigenvalue weighted by molar-refractivity contribution is -0.0993. The van der Waals surface area contributed by atoms with Crippen LogP contribution in [-0.2, 0) is 0 Å². The summed E-state index contributed by atoms with van der Waals surface area (Å²) in [5.41, 5.74) is 1.85. The highest BCUT2D eigenvalue weighted by atomic mass is 19.4. The predicted octanol–water partition coefficient (Wildman–Crippen LogP) is 2.40. The Morgan fingerprint density at radius 1 is 1.22 bits per heavy atom. The molecule has 1 aliphatic rings. The minimum absolute atomic E-state index is 0.0270. The van der Waals surface area contributed by atoms with Gasteiger partial charge in [0.15, 0.2) is 0 Å². The van der Waals surface area contributed by atoms with Gasteiger partial charge in [-0.25, -0.2) is 4.79 Å². The molecule has 0 saturated heterocycles. The summed E-state index contributed by atoms with van der Waals surface area (Å²) in [6, 6.07) is -2.62. The highest BCUT2D eigenvalue weighted by Crippen LogP contribution is 2.37. The van der Waals surface area contributed by atoms with Crippen LogP contribution in [0.1, 0.15) is 6.42 Å². The van der Waals surface area contributed by atoms with Crippen LogP contribution >= 0.6 is 0 Å². The molecule has 102 valence electrons. The first-order valence-electron chi connectivity index (χ1n) is 4.63. The third kappa shape index (κ3) is 3.67. The van der Waals surface area contributed by atoms with Gasteiger partial charge in [0.1, 0.15) is 0 Å². The van der Waals surface area contributed by atoms with Crippen LogP contribution in [0.5, 0.6) is 0 Å². The molecule has 0 radical (unpaired) electrons. The van der Waals surface area contributed by atoms with E-state index in [0.717, 1.165) is 0 Å². The molecule has 18 heavy (non-hydrogen) atoms. The van der Waals surface area contributed by atoms with E-state index in [4.69, 9.17) is 0 Å². The maximum Gasteiger partial charge on any atom is 0.416 e. The number of hydrogen-bond donors (Lipinski definition) is 2. The molecule has 3 N–H and O–H groups in total. The van der Waals surface area contributed by atoms with E-state index < -0.39 is 42.0 Å². The van der Waals surface area contributed by atoms with Gasteiger partial charge in [0.05, 0.1) is 11.6 Å². The number of carbonyl (C=O) groups excluding carboxylic acids is 1. The predicted molar refractivity (Wildman–Crippen MR) is 49.4 cm³/mol. The molecule has 9 heteroatoms. The third-order valence-electron chi connectivity index (χ3n) is 2.17. The van der Waals surface area contributed by atoms with Crippen LogP contribution in [-0.4, -0.2) is 24.4 Å². The van der Waals surface area contributed by atoms with Crippen LogP contribution in [0.4, 0.5) is 31.1 Å². The SMILES string of the molecule is NC(=O)NC1C=C(C(F)(F)F)C=C(C(F)(F)F)C1. The molecule has 1 aliphatic carbocycles. The fraction of sp³-hybridized carbons (Fsp3) is 0.444. The summed E-state index contributed by atoms with van der Waals surface area (Å²) in [6.45, 7) is 0. The number of primary amides is 1. The van der Waals surface area contributed by atoms with Gasteiger partial charge < -0.3 is 11.1 Å². The minimum atomic E-state index is -4.92. The van der Waals surface area contributed by atoms with Gasteiger partial charge in [-0.3, -0.25) is 0 Å². The molecule has 0 fully saturated rings. The van der Waals surface area contributed by atoms with Crippen molar-refractivity contribution in [2.45, 2.75) is 24.8 Å². The van der Waals surface area contributed by atoms with E-state index in [1.807, 2.05) is 5.32 Å². The summed E-state index contributed by atoms with van der Waals surface area (Å²) < 4.78 is 74.4. The van der Waals surface area contributed by atoms with Gasteiger partial charge in [0.2, 0.25) is 0 Å². The van der Waals surface area contributed by atoms with Gasteiger partial charge >= 0.3 is 18.4 Å². The summed E-state index contributed by atoms with van der Waals surface area (Å²) in [5, 5.41) is 1.81. The Kier molecular flexibility index (Phi) is 3.63. The molecule has 3 nitrogen and oxygen atoms in total. The van der Waals surface area contributed by atoms with E-state index in [1.165, 1.54) is 0 Å². The van der Waals surface area contributed by atoms with E-state index in [1.54, 1.807) is 0 Å². The van der Waals surface area contributed by atoms with Crippen molar-refractivity contribution in [1.29, 1.82) is 0 Å². The summed E-state index contributed by atoms with van der Waals surface area (Å²) in [5.74, 6) is 0. The van der Waals surface area contributed by atoms with Crippen LogP contribution in [0.25, 0.3) is 0 Å². The quantitative estimate of drug-likeness (QED) is 0.709. The van der Waals surface area contributed by atoms with E-state index in [2.05, 4.69) is 5.73 Å². The molecule has 2 amide bonds. The lowest BCUT2D eigenvalue weighted by atomic mass is 9.94. The highest BCUT2D eigenvalue weighted by Gasteiger charge is 2.41. The molecule has 0 saturated carbocycles. The van der Waals surface area contributed by atoms with E-state index in [0.29, 0.717) is 6.08 Å². The Bertz CT molecular complexity index is 406. The molecule has 0 bridgehead atoms. The maximum absolute atomic E-state index is 12.4. The van der Waals surface area contributed by atoms with Crippen molar-refractivity contribution in [2.24, 2.45) is 5.73 Å². The lowest BCUT2D eigenvalue weighted by Gasteiger charge is -2.24. The van der Waals surface area contributed by atoms with Crippen LogP contribution < -0.4 is 11.1 Å². The zero-order valence-electron chi connectivity index (χ0n) is 8.69. The largest absolute Gasteiger partial charge is 0.416 e. The van der Waals surface area contributed by atoms with Crippen molar-refractivity contribution in [3.8, 4) is 0 Å². The van der Waals surface area contributed by atoms with Crippen molar-refractivity contribution < 1.29 is 31.1 Å². The summed E-state index contributed by atoms with van der Waals surface area (Å²) in [7, 11) is 0. The first kappa shape index (κ1) is 14.4. The van der Waals surface area contributed by atoms with Crippen molar-refractivity contribution in [1.82, 2.24) is 5.32 Å². The summed E-state index contributed by atoms with van der Waals surface area (Å²) >= 11 is 0. The van der Waals surface area contributed by atoms with Gasteiger partial charge in [-0.1, -0.05) is 0 Å². The normalized spacial score (nSPS) is 21.1. The molecule has 1 atom stereocenters. The van der Waals surface area contributed by atoms with E-state index in [9.17, 15) is 31.1 Å². The average molecular weight is 274 g/mol. The second-order valence-corrected chi connectivity index (χ2v) is 3.61. The summed E-state index contributed by atoms with van der Waals surface area (Å²) in [6.07, 6.45) is -10.1. The first-order chi connectivity index (χ1) is 8.00. The van der Waals surface area contributed by atoms with Crippen LogP contribution in [0, 0.1) is 0 Å². The Labute approximate surface area is 97.3 Å². The molecular formula is C9H8F6N2O. The fourth-order valence-electron chi connectivity index (χ4n) is 1.46. The topological polar surface area (TPSA) is 55.1 Å². The van der Waals surface area contributed by atoms with Crippen LogP contribution in [0.15, 0.2) is 23.3 Å². The number of carbonyl (C=O) groups is 1. The third-order valence-corrected chi connectivity index (χ3v) is 2.17. The molecule has 0 aromatic heterocycles. The first-order valence-corrected chi connectivity index (χ1v) is 4.63. The van der Waals surface area contributed by atoms with Crippen LogP contribution in [0.2, 0.25) is 0 Å². The number of rotatable bonds is 1. The lowest BCUT2D eigenvalue weighted by Crippen LogP contribution is -2.40. The maximum atomic E-state index is 12.4. The van der Waals surface area contributed by atoms with Crippen molar-refractivity contribution in [3.05, 3.63) is 23.3 Å². The monoisotopic (exact) mass is 274 g/mol. The molecule has 0 heterocycles. The second kappa shape index (κ2) is 4.54. The number of allylic oxidation sites excluding steroid dienone is 2. The fourth-order valence-corrected chi connectivity index (χ4v) is 1.46. The zero-order chi connectivity index (χ0) is 14.1. The Morgan fingerprint density at radius 3 is 2.17 bits per heavy atom. The molecule has 1 rings (SSSR count). The van der Waals surface area contributed by atoms with Gasteiger partial charge in [-0.15, -0.1) is 0 Å². The smallest absolute Gasteiger partial charge is 0.352 e. The van der Waals surface area contributed by atoms with Gasteiger partial charge in [-0.05, 0) is 12.2 Å². The molecule has 0 spiro atoms. The number of nitrogens with one attached hydrogen (secondary N) is 1. The van der Waals surface area contributed by atoms with Crippen LogP contribution in [0.3, 0.4) is 0 Å². The Morgan fingerprint density at radius 2 is 1.78 bits per heavy atom. The second-order valence-electron chi connectivity index (χ2n) is 3.61. The number of urea groups is 1. The molecule has 1 unspecified atom stereocenters. The summed E-state index contributed by atoms with van der Waals surface area (Å²) in [4.78, 5) is 10.5.